The highest BCUT2D eigenvalue weighted by Gasteiger charge is 2.49. The van der Waals surface area contributed by atoms with E-state index in [9.17, 15) is 9.59 Å². The molecule has 31 heavy (non-hydrogen) atoms. The first kappa shape index (κ1) is 20.7. The monoisotopic (exact) mass is 442 g/mol. The Kier molecular flexibility index (Phi) is 5.28. The molecule has 0 spiro atoms. The van der Waals surface area contributed by atoms with E-state index in [1.54, 1.807) is 49.4 Å². The van der Waals surface area contributed by atoms with Gasteiger partial charge in [-0.05, 0) is 48.9 Å². The number of imide groups is 1. The van der Waals surface area contributed by atoms with Gasteiger partial charge in [0.25, 0.3) is 5.91 Å². The van der Waals surface area contributed by atoms with Gasteiger partial charge in [0.05, 0.1) is 14.2 Å². The molecule has 1 aliphatic rings. The number of carbonyl (C=O) groups excluding carboxylic acids is 2. The third kappa shape index (κ3) is 3.68. The fourth-order valence-corrected chi connectivity index (χ4v) is 3.47. The molecule has 0 aliphatic carbocycles. The van der Waals surface area contributed by atoms with Crippen LogP contribution in [0.5, 0.6) is 11.5 Å². The van der Waals surface area contributed by atoms with Crippen LogP contribution in [-0.2, 0) is 16.9 Å². The number of benzene rings is 2. The fraction of sp³-hybridized carbons (Fsp3) is 0.238. The zero-order chi connectivity index (χ0) is 22.2. The molecule has 1 saturated heterocycles. The van der Waals surface area contributed by atoms with Crippen LogP contribution in [-0.4, -0.2) is 41.3 Å². The molecule has 1 aliphatic heterocycles. The maximum atomic E-state index is 13.2. The molecular formula is C21H19ClN4O5. The van der Waals surface area contributed by atoms with Crippen molar-refractivity contribution in [3.63, 3.8) is 0 Å². The predicted molar refractivity (Wildman–Crippen MR) is 111 cm³/mol. The molecule has 0 radical (unpaired) electrons. The van der Waals surface area contributed by atoms with Gasteiger partial charge in [-0.15, -0.1) is 10.2 Å². The van der Waals surface area contributed by atoms with E-state index in [1.807, 2.05) is 0 Å². The van der Waals surface area contributed by atoms with E-state index >= 15 is 0 Å². The van der Waals surface area contributed by atoms with Crippen molar-refractivity contribution < 1.29 is 23.5 Å². The number of nitrogens with zero attached hydrogens (tertiary/aromatic N) is 3. The molecule has 2 heterocycles. The van der Waals surface area contributed by atoms with Crippen LogP contribution in [0.3, 0.4) is 0 Å². The molecular weight excluding hydrogens is 424 g/mol. The summed E-state index contributed by atoms with van der Waals surface area (Å²) in [5.41, 5.74) is -0.0516. The third-order valence-corrected chi connectivity index (χ3v) is 5.34. The number of hydrogen-bond acceptors (Lipinski definition) is 7. The summed E-state index contributed by atoms with van der Waals surface area (Å²) in [6.07, 6.45) is 0. The second-order valence-electron chi connectivity index (χ2n) is 7.02. The minimum absolute atomic E-state index is 0.130. The predicted octanol–water partition coefficient (Wildman–Crippen LogP) is 3.37. The van der Waals surface area contributed by atoms with Crippen LogP contribution >= 0.6 is 11.6 Å². The third-order valence-electron chi connectivity index (χ3n) is 5.09. The normalized spacial score (nSPS) is 18.3. The average molecular weight is 443 g/mol. The lowest BCUT2D eigenvalue weighted by Gasteiger charge is -2.23. The number of halogens is 1. The standard InChI is InChI=1S/C21H19ClN4O5/c1-21(13-6-9-15(29-2)16(10-13)30-3)19(27)26(20(28)23-21)11-17-24-25-18(31-17)12-4-7-14(22)8-5-12/h4-10H,11H2,1-3H3,(H,23,28)/t21-/m1/s1. The quantitative estimate of drug-likeness (QED) is 0.583. The Balaban J connectivity index is 1.57. The molecule has 1 fully saturated rings. The van der Waals surface area contributed by atoms with Crippen LogP contribution in [0.25, 0.3) is 11.5 Å². The number of carbonyl (C=O) groups is 2. The van der Waals surface area contributed by atoms with Crippen molar-refractivity contribution in [2.75, 3.05) is 14.2 Å². The summed E-state index contributed by atoms with van der Waals surface area (Å²) < 4.78 is 16.2. The van der Waals surface area contributed by atoms with Crippen molar-refractivity contribution in [3.05, 3.63) is 58.9 Å². The maximum absolute atomic E-state index is 13.2. The van der Waals surface area contributed by atoms with E-state index in [1.165, 1.54) is 14.2 Å². The van der Waals surface area contributed by atoms with E-state index in [0.29, 0.717) is 27.6 Å². The van der Waals surface area contributed by atoms with Gasteiger partial charge in [0.2, 0.25) is 11.8 Å². The zero-order valence-electron chi connectivity index (χ0n) is 17.0. The number of ether oxygens (including phenoxy) is 2. The van der Waals surface area contributed by atoms with Crippen LogP contribution in [0.2, 0.25) is 5.02 Å². The van der Waals surface area contributed by atoms with Crippen molar-refractivity contribution in [3.8, 4) is 23.0 Å². The van der Waals surface area contributed by atoms with E-state index < -0.39 is 17.5 Å². The van der Waals surface area contributed by atoms with Crippen molar-refractivity contribution in [1.29, 1.82) is 0 Å². The molecule has 160 valence electrons. The van der Waals surface area contributed by atoms with Gasteiger partial charge in [-0.2, -0.15) is 0 Å². The van der Waals surface area contributed by atoms with Gasteiger partial charge in [0.15, 0.2) is 11.5 Å². The van der Waals surface area contributed by atoms with Crippen molar-refractivity contribution in [1.82, 2.24) is 20.4 Å². The lowest BCUT2D eigenvalue weighted by Crippen LogP contribution is -2.40. The van der Waals surface area contributed by atoms with Gasteiger partial charge < -0.3 is 19.2 Å². The van der Waals surface area contributed by atoms with E-state index in [0.717, 1.165) is 4.90 Å². The van der Waals surface area contributed by atoms with Crippen LogP contribution < -0.4 is 14.8 Å². The first-order chi connectivity index (χ1) is 14.9. The molecule has 1 aromatic heterocycles. The Labute approximate surface area is 182 Å². The minimum Gasteiger partial charge on any atom is -0.493 e. The topological polar surface area (TPSA) is 107 Å². The minimum atomic E-state index is -1.28. The maximum Gasteiger partial charge on any atom is 0.325 e. The number of aromatic nitrogens is 2. The molecule has 0 bridgehead atoms. The summed E-state index contributed by atoms with van der Waals surface area (Å²) in [5, 5.41) is 11.3. The molecule has 1 atom stereocenters. The fourth-order valence-electron chi connectivity index (χ4n) is 3.35. The van der Waals surface area contributed by atoms with Gasteiger partial charge in [0.1, 0.15) is 12.1 Å². The summed E-state index contributed by atoms with van der Waals surface area (Å²) in [4.78, 5) is 26.8. The second kappa shape index (κ2) is 7.92. The number of urea groups is 1. The van der Waals surface area contributed by atoms with Crippen LogP contribution in [0.15, 0.2) is 46.9 Å². The van der Waals surface area contributed by atoms with Gasteiger partial charge in [-0.25, -0.2) is 4.79 Å². The Bertz CT molecular complexity index is 1150. The summed E-state index contributed by atoms with van der Waals surface area (Å²) in [5.74, 6) is 0.914. The van der Waals surface area contributed by atoms with Gasteiger partial charge in [-0.1, -0.05) is 17.7 Å². The Morgan fingerprint density at radius 1 is 1.06 bits per heavy atom. The molecule has 10 heteroatoms. The zero-order valence-corrected chi connectivity index (χ0v) is 17.8. The number of rotatable bonds is 6. The largest absolute Gasteiger partial charge is 0.493 e. The van der Waals surface area contributed by atoms with E-state index in [4.69, 9.17) is 25.5 Å². The van der Waals surface area contributed by atoms with E-state index in [-0.39, 0.29) is 18.3 Å². The molecule has 1 N–H and O–H groups in total. The summed E-state index contributed by atoms with van der Waals surface area (Å²) in [6.45, 7) is 1.47. The molecule has 0 saturated carbocycles. The van der Waals surface area contributed by atoms with Crippen LogP contribution in [0.1, 0.15) is 18.4 Å². The number of amides is 3. The number of methoxy groups -OCH3 is 2. The summed E-state index contributed by atoms with van der Waals surface area (Å²) >= 11 is 5.89. The van der Waals surface area contributed by atoms with Crippen molar-refractivity contribution in [2.24, 2.45) is 0 Å². The number of nitrogens with one attached hydrogen (secondary N) is 1. The highest BCUT2D eigenvalue weighted by Crippen LogP contribution is 2.35. The molecule has 2 aromatic carbocycles. The van der Waals surface area contributed by atoms with Crippen molar-refractivity contribution >= 4 is 23.5 Å². The van der Waals surface area contributed by atoms with Crippen LogP contribution in [0.4, 0.5) is 4.79 Å². The lowest BCUT2D eigenvalue weighted by atomic mass is 9.91. The molecule has 0 unspecified atom stereocenters. The Morgan fingerprint density at radius 3 is 2.45 bits per heavy atom. The summed E-state index contributed by atoms with van der Waals surface area (Å²) in [7, 11) is 3.02. The van der Waals surface area contributed by atoms with Gasteiger partial charge in [-0.3, -0.25) is 9.69 Å². The molecule has 3 amide bonds. The SMILES string of the molecule is COc1ccc([C@@]2(C)NC(=O)N(Cc3nnc(-c4ccc(Cl)cc4)o3)C2=O)cc1OC. The Hall–Kier alpha value is -3.59. The first-order valence-electron chi connectivity index (χ1n) is 9.30. The highest BCUT2D eigenvalue weighted by molar-refractivity contribution is 6.30. The van der Waals surface area contributed by atoms with Gasteiger partial charge >= 0.3 is 6.03 Å². The smallest absolute Gasteiger partial charge is 0.325 e. The molecule has 9 nitrogen and oxygen atoms in total. The average Bonchev–Trinajstić information content (AvgIpc) is 3.33. The highest BCUT2D eigenvalue weighted by atomic mass is 35.5. The number of hydrogen-bond donors (Lipinski definition) is 1. The summed E-state index contributed by atoms with van der Waals surface area (Å²) in [6, 6.07) is 11.4. The Morgan fingerprint density at radius 2 is 1.77 bits per heavy atom. The second-order valence-corrected chi connectivity index (χ2v) is 7.46. The lowest BCUT2D eigenvalue weighted by molar-refractivity contribution is -0.131. The molecule has 4 rings (SSSR count). The van der Waals surface area contributed by atoms with Crippen molar-refractivity contribution in [2.45, 2.75) is 19.0 Å². The van der Waals surface area contributed by atoms with E-state index in [2.05, 4.69) is 15.5 Å². The van der Waals surface area contributed by atoms with Crippen LogP contribution in [0, 0.1) is 0 Å². The first-order valence-corrected chi connectivity index (χ1v) is 9.68. The molecule has 3 aromatic rings. The van der Waals surface area contributed by atoms with Gasteiger partial charge in [0, 0.05) is 10.6 Å².